The molecule has 5 heteroatoms. The quantitative estimate of drug-likeness (QED) is 0.818. The number of carbonyl (C=O) groups is 1. The van der Waals surface area contributed by atoms with Gasteiger partial charge in [0.05, 0.1) is 5.56 Å². The predicted octanol–water partition coefficient (Wildman–Crippen LogP) is 5.06. The summed E-state index contributed by atoms with van der Waals surface area (Å²) in [5, 5.41) is 3.04. The zero-order valence-electron chi connectivity index (χ0n) is 10.7. The number of nitrogens with one attached hydrogen (secondary N) is 1. The van der Waals surface area contributed by atoms with Gasteiger partial charge in [-0.15, -0.1) is 0 Å². The van der Waals surface area contributed by atoms with Gasteiger partial charge in [0, 0.05) is 15.2 Å². The highest BCUT2D eigenvalue weighted by Gasteiger charge is 2.14. The summed E-state index contributed by atoms with van der Waals surface area (Å²) in [5.74, 6) is -1.11. The third-order valence-corrected chi connectivity index (χ3v) is 3.60. The van der Waals surface area contributed by atoms with E-state index in [2.05, 4.69) is 21.2 Å². The molecule has 0 fully saturated rings. The van der Waals surface area contributed by atoms with Gasteiger partial charge in [-0.2, -0.15) is 0 Å². The highest BCUT2D eigenvalue weighted by atomic mass is 79.9. The number of carbonyl (C=O) groups excluding carboxylic acids is 1. The van der Waals surface area contributed by atoms with Crippen LogP contribution in [0.4, 0.5) is 10.1 Å². The van der Waals surface area contributed by atoms with Crippen LogP contribution in [-0.2, 0) is 6.42 Å². The monoisotopic (exact) mass is 355 g/mol. The van der Waals surface area contributed by atoms with E-state index in [4.69, 9.17) is 11.6 Å². The van der Waals surface area contributed by atoms with Crippen LogP contribution in [0.1, 0.15) is 22.8 Å². The van der Waals surface area contributed by atoms with Crippen LogP contribution in [0.3, 0.4) is 0 Å². The standard InChI is InChI=1S/C15H12BrClFNO/c1-2-9-7-10(16)3-6-14(9)19-15(20)12-8-11(17)4-5-13(12)18/h3-8H,2H2,1H3,(H,19,20). The number of halogens is 3. The average molecular weight is 357 g/mol. The molecule has 1 N–H and O–H groups in total. The van der Waals surface area contributed by atoms with Crippen LogP contribution in [0.2, 0.25) is 5.02 Å². The minimum atomic E-state index is -0.595. The van der Waals surface area contributed by atoms with E-state index in [1.807, 2.05) is 19.1 Å². The van der Waals surface area contributed by atoms with Crippen molar-refractivity contribution in [3.63, 3.8) is 0 Å². The Bertz CT molecular complexity index is 660. The molecule has 0 aliphatic rings. The number of benzene rings is 2. The Morgan fingerprint density at radius 1 is 1.30 bits per heavy atom. The van der Waals surface area contributed by atoms with Gasteiger partial charge in [-0.05, 0) is 48.4 Å². The molecule has 0 spiro atoms. The lowest BCUT2D eigenvalue weighted by molar-refractivity contribution is 0.102. The number of rotatable bonds is 3. The molecule has 0 bridgehead atoms. The van der Waals surface area contributed by atoms with Gasteiger partial charge in [0.2, 0.25) is 0 Å². The van der Waals surface area contributed by atoms with Gasteiger partial charge in [0.25, 0.3) is 5.91 Å². The Morgan fingerprint density at radius 3 is 2.75 bits per heavy atom. The van der Waals surface area contributed by atoms with E-state index in [-0.39, 0.29) is 5.56 Å². The van der Waals surface area contributed by atoms with E-state index in [1.54, 1.807) is 6.07 Å². The van der Waals surface area contributed by atoms with Crippen molar-refractivity contribution < 1.29 is 9.18 Å². The lowest BCUT2D eigenvalue weighted by atomic mass is 10.1. The first-order valence-electron chi connectivity index (χ1n) is 6.06. The molecule has 0 radical (unpaired) electrons. The van der Waals surface area contributed by atoms with E-state index in [9.17, 15) is 9.18 Å². The number of amides is 1. The molecule has 2 nitrogen and oxygen atoms in total. The van der Waals surface area contributed by atoms with Crippen molar-refractivity contribution in [1.29, 1.82) is 0 Å². The maximum atomic E-state index is 13.6. The van der Waals surface area contributed by atoms with Gasteiger partial charge >= 0.3 is 0 Å². The first kappa shape index (κ1) is 15.0. The molecular formula is C15H12BrClFNO. The molecular weight excluding hydrogens is 345 g/mol. The van der Waals surface area contributed by atoms with Gasteiger partial charge in [0.1, 0.15) is 5.82 Å². The third-order valence-electron chi connectivity index (χ3n) is 2.87. The minimum absolute atomic E-state index is 0.0672. The molecule has 0 saturated carbocycles. The van der Waals surface area contributed by atoms with Crippen molar-refractivity contribution >= 4 is 39.1 Å². The van der Waals surface area contributed by atoms with Crippen molar-refractivity contribution in [3.8, 4) is 0 Å². The topological polar surface area (TPSA) is 29.1 Å². The summed E-state index contributed by atoms with van der Waals surface area (Å²) in [4.78, 5) is 12.1. The SMILES string of the molecule is CCc1cc(Br)ccc1NC(=O)c1cc(Cl)ccc1F. The van der Waals surface area contributed by atoms with Crippen molar-refractivity contribution in [2.45, 2.75) is 13.3 Å². The van der Waals surface area contributed by atoms with Gasteiger partial charge in [-0.25, -0.2) is 4.39 Å². The van der Waals surface area contributed by atoms with E-state index in [0.29, 0.717) is 10.7 Å². The first-order chi connectivity index (χ1) is 9.51. The number of aryl methyl sites for hydroxylation is 1. The van der Waals surface area contributed by atoms with E-state index < -0.39 is 11.7 Å². The maximum absolute atomic E-state index is 13.6. The smallest absolute Gasteiger partial charge is 0.258 e. The second kappa shape index (κ2) is 6.37. The van der Waals surface area contributed by atoms with E-state index in [1.165, 1.54) is 18.2 Å². The molecule has 0 unspecified atom stereocenters. The summed E-state index contributed by atoms with van der Waals surface area (Å²) in [5.41, 5.74) is 1.57. The van der Waals surface area contributed by atoms with Crippen LogP contribution < -0.4 is 5.32 Å². The fourth-order valence-corrected chi connectivity index (χ4v) is 2.42. The molecule has 1 amide bonds. The molecule has 2 rings (SSSR count). The van der Waals surface area contributed by atoms with Crippen molar-refractivity contribution in [2.75, 3.05) is 5.32 Å². The van der Waals surface area contributed by atoms with Gasteiger partial charge in [-0.1, -0.05) is 34.5 Å². The Morgan fingerprint density at radius 2 is 2.05 bits per heavy atom. The second-order valence-corrected chi connectivity index (χ2v) is 5.59. The first-order valence-corrected chi connectivity index (χ1v) is 7.23. The fraction of sp³-hybridized carbons (Fsp3) is 0.133. The predicted molar refractivity (Wildman–Crippen MR) is 82.9 cm³/mol. The normalized spacial score (nSPS) is 10.4. The summed E-state index contributed by atoms with van der Waals surface area (Å²) >= 11 is 9.17. The summed E-state index contributed by atoms with van der Waals surface area (Å²) in [6, 6.07) is 9.43. The average Bonchev–Trinajstić information content (AvgIpc) is 2.43. The zero-order chi connectivity index (χ0) is 14.7. The van der Waals surface area contributed by atoms with Gasteiger partial charge in [-0.3, -0.25) is 4.79 Å². The summed E-state index contributed by atoms with van der Waals surface area (Å²) < 4.78 is 14.6. The van der Waals surface area contributed by atoms with Crippen molar-refractivity contribution in [3.05, 3.63) is 62.8 Å². The molecule has 104 valence electrons. The summed E-state index contributed by atoms with van der Waals surface area (Å²) in [6.07, 6.45) is 0.757. The lowest BCUT2D eigenvalue weighted by Crippen LogP contribution is -2.15. The molecule has 2 aromatic carbocycles. The molecule has 2 aromatic rings. The lowest BCUT2D eigenvalue weighted by Gasteiger charge is -2.11. The van der Waals surface area contributed by atoms with E-state index in [0.717, 1.165) is 16.5 Å². The van der Waals surface area contributed by atoms with Gasteiger partial charge in [0.15, 0.2) is 0 Å². The van der Waals surface area contributed by atoms with Crippen LogP contribution in [0, 0.1) is 5.82 Å². The summed E-state index contributed by atoms with van der Waals surface area (Å²) in [7, 11) is 0. The molecule has 0 aliphatic heterocycles. The van der Waals surface area contributed by atoms with Crippen LogP contribution in [0.15, 0.2) is 40.9 Å². The highest BCUT2D eigenvalue weighted by Crippen LogP contribution is 2.23. The Hall–Kier alpha value is -1.39. The van der Waals surface area contributed by atoms with E-state index >= 15 is 0 Å². The van der Waals surface area contributed by atoms with Crippen LogP contribution >= 0.6 is 27.5 Å². The fourth-order valence-electron chi connectivity index (χ4n) is 1.84. The number of hydrogen-bond acceptors (Lipinski definition) is 1. The second-order valence-electron chi connectivity index (χ2n) is 4.23. The van der Waals surface area contributed by atoms with Crippen LogP contribution in [0.25, 0.3) is 0 Å². The van der Waals surface area contributed by atoms with Crippen molar-refractivity contribution in [2.24, 2.45) is 0 Å². The summed E-state index contributed by atoms with van der Waals surface area (Å²) in [6.45, 7) is 1.98. The Kier molecular flexibility index (Phi) is 4.78. The molecule has 0 saturated heterocycles. The van der Waals surface area contributed by atoms with Crippen LogP contribution in [0.5, 0.6) is 0 Å². The molecule has 0 heterocycles. The number of anilines is 1. The van der Waals surface area contributed by atoms with Gasteiger partial charge < -0.3 is 5.32 Å². The largest absolute Gasteiger partial charge is 0.322 e. The Balaban J connectivity index is 2.30. The highest BCUT2D eigenvalue weighted by molar-refractivity contribution is 9.10. The minimum Gasteiger partial charge on any atom is -0.322 e. The Labute approximate surface area is 130 Å². The van der Waals surface area contributed by atoms with Crippen LogP contribution in [-0.4, -0.2) is 5.91 Å². The molecule has 20 heavy (non-hydrogen) atoms. The maximum Gasteiger partial charge on any atom is 0.258 e. The zero-order valence-corrected chi connectivity index (χ0v) is 13.1. The molecule has 0 aliphatic carbocycles. The molecule has 0 atom stereocenters. The van der Waals surface area contributed by atoms with Crippen molar-refractivity contribution in [1.82, 2.24) is 0 Å². The third kappa shape index (κ3) is 3.38. The number of hydrogen-bond donors (Lipinski definition) is 1. The molecule has 0 aromatic heterocycles.